The number of ether oxygens (including phenoxy) is 1. The Hall–Kier alpha value is -3.09. The third kappa shape index (κ3) is 3.45. The Bertz CT molecular complexity index is 849. The Morgan fingerprint density at radius 1 is 1.19 bits per heavy atom. The first-order valence-corrected chi connectivity index (χ1v) is 8.62. The van der Waals surface area contributed by atoms with Crippen LogP contribution in [0.5, 0.6) is 5.75 Å². The summed E-state index contributed by atoms with van der Waals surface area (Å²) in [6.07, 6.45) is 1.33. The zero-order chi connectivity index (χ0) is 19.8. The van der Waals surface area contributed by atoms with E-state index in [0.29, 0.717) is 11.4 Å². The van der Waals surface area contributed by atoms with Gasteiger partial charge in [-0.2, -0.15) is 0 Å². The molecular formula is C20H22N2O5. The van der Waals surface area contributed by atoms with Gasteiger partial charge in [-0.1, -0.05) is 0 Å². The fourth-order valence-corrected chi connectivity index (χ4v) is 3.25. The molecule has 7 nitrogen and oxygen atoms in total. The molecule has 1 aliphatic heterocycles. The van der Waals surface area contributed by atoms with Crippen molar-refractivity contribution < 1.29 is 23.5 Å². The van der Waals surface area contributed by atoms with Crippen molar-refractivity contribution in [2.45, 2.75) is 38.8 Å². The predicted octanol–water partition coefficient (Wildman–Crippen LogP) is 2.86. The molecule has 7 heteroatoms. The molecule has 3 amide bonds. The van der Waals surface area contributed by atoms with Crippen molar-refractivity contribution in [2.24, 2.45) is 0 Å². The molecule has 1 saturated heterocycles. The van der Waals surface area contributed by atoms with E-state index in [1.807, 2.05) is 20.8 Å². The molecule has 0 N–H and O–H groups in total. The number of benzene rings is 1. The van der Waals surface area contributed by atoms with Crippen molar-refractivity contribution in [3.63, 3.8) is 0 Å². The van der Waals surface area contributed by atoms with Crippen molar-refractivity contribution in [1.82, 2.24) is 4.90 Å². The summed E-state index contributed by atoms with van der Waals surface area (Å²) in [7, 11) is 1.54. The largest absolute Gasteiger partial charge is 0.497 e. The number of hydrogen-bond donors (Lipinski definition) is 0. The molecule has 0 saturated carbocycles. The highest BCUT2D eigenvalue weighted by Gasteiger charge is 2.48. The molecule has 1 atom stereocenters. The maximum atomic E-state index is 13.1. The summed E-state index contributed by atoms with van der Waals surface area (Å²) in [6, 6.07) is 8.91. The van der Waals surface area contributed by atoms with Gasteiger partial charge in [0, 0.05) is 5.54 Å². The number of imide groups is 1. The summed E-state index contributed by atoms with van der Waals surface area (Å²) < 4.78 is 10.3. The lowest BCUT2D eigenvalue weighted by Crippen LogP contribution is -2.54. The number of rotatable bonds is 4. The zero-order valence-corrected chi connectivity index (χ0v) is 15.8. The van der Waals surface area contributed by atoms with Crippen molar-refractivity contribution in [1.29, 1.82) is 0 Å². The van der Waals surface area contributed by atoms with Gasteiger partial charge in [0.1, 0.15) is 11.8 Å². The van der Waals surface area contributed by atoms with E-state index in [4.69, 9.17) is 9.15 Å². The Kier molecular flexibility index (Phi) is 4.78. The number of methoxy groups -OCH3 is 1. The normalized spacial score (nSPS) is 17.3. The van der Waals surface area contributed by atoms with E-state index >= 15 is 0 Å². The highest BCUT2D eigenvalue weighted by Crippen LogP contribution is 2.31. The molecule has 2 heterocycles. The van der Waals surface area contributed by atoms with Crippen LogP contribution in [0.3, 0.4) is 0 Å². The zero-order valence-electron chi connectivity index (χ0n) is 15.8. The van der Waals surface area contributed by atoms with Gasteiger partial charge in [-0.15, -0.1) is 0 Å². The average molecular weight is 370 g/mol. The minimum Gasteiger partial charge on any atom is -0.497 e. The lowest BCUT2D eigenvalue weighted by Gasteiger charge is -2.38. The van der Waals surface area contributed by atoms with Crippen molar-refractivity contribution in [3.05, 3.63) is 48.4 Å². The minimum atomic E-state index is -0.891. The van der Waals surface area contributed by atoms with Crippen LogP contribution in [0.4, 0.5) is 5.69 Å². The predicted molar refractivity (Wildman–Crippen MR) is 98.5 cm³/mol. The molecule has 3 rings (SSSR count). The van der Waals surface area contributed by atoms with E-state index in [0.717, 1.165) is 4.90 Å². The lowest BCUT2D eigenvalue weighted by atomic mass is 10.0. The van der Waals surface area contributed by atoms with Crippen LogP contribution in [-0.2, 0) is 9.59 Å². The number of hydrogen-bond acceptors (Lipinski definition) is 5. The van der Waals surface area contributed by atoms with Crippen LogP contribution >= 0.6 is 0 Å². The third-order valence-electron chi connectivity index (χ3n) is 4.44. The molecule has 1 unspecified atom stereocenters. The fraction of sp³-hybridized carbons (Fsp3) is 0.350. The van der Waals surface area contributed by atoms with Crippen LogP contribution in [0.2, 0.25) is 0 Å². The second-order valence-electron chi connectivity index (χ2n) is 7.31. The number of carbonyl (C=O) groups is 3. The van der Waals surface area contributed by atoms with Crippen molar-refractivity contribution >= 4 is 23.4 Å². The maximum Gasteiger partial charge on any atom is 0.290 e. The summed E-state index contributed by atoms with van der Waals surface area (Å²) in [5.74, 6) is -0.446. The Balaban J connectivity index is 1.94. The Morgan fingerprint density at radius 3 is 2.37 bits per heavy atom. The van der Waals surface area contributed by atoms with Gasteiger partial charge in [-0.3, -0.25) is 14.4 Å². The van der Waals surface area contributed by atoms with E-state index < -0.39 is 23.4 Å². The first kappa shape index (κ1) is 18.7. The minimum absolute atomic E-state index is 0.0748. The lowest BCUT2D eigenvalue weighted by molar-refractivity contribution is -0.123. The molecule has 0 radical (unpaired) electrons. The monoisotopic (exact) mass is 370 g/mol. The summed E-state index contributed by atoms with van der Waals surface area (Å²) in [6.45, 7) is 5.46. The van der Waals surface area contributed by atoms with Crippen molar-refractivity contribution in [3.8, 4) is 5.75 Å². The molecular weight excluding hydrogens is 348 g/mol. The summed E-state index contributed by atoms with van der Waals surface area (Å²) in [5.41, 5.74) is -0.229. The molecule has 0 spiro atoms. The van der Waals surface area contributed by atoms with E-state index in [9.17, 15) is 14.4 Å². The van der Waals surface area contributed by atoms with E-state index in [1.54, 1.807) is 43.5 Å². The van der Waals surface area contributed by atoms with Gasteiger partial charge in [-0.05, 0) is 57.2 Å². The number of amides is 3. The molecule has 27 heavy (non-hydrogen) atoms. The highest BCUT2D eigenvalue weighted by molar-refractivity contribution is 6.23. The number of furan rings is 1. The first-order chi connectivity index (χ1) is 12.7. The van der Waals surface area contributed by atoms with Gasteiger partial charge in [0.15, 0.2) is 5.76 Å². The van der Waals surface area contributed by atoms with E-state index in [1.165, 1.54) is 11.2 Å². The van der Waals surface area contributed by atoms with Gasteiger partial charge in [0.25, 0.3) is 11.8 Å². The van der Waals surface area contributed by atoms with Crippen LogP contribution in [0, 0.1) is 0 Å². The molecule has 1 fully saturated rings. The maximum absolute atomic E-state index is 13.1. The number of nitrogens with zero attached hydrogens (tertiary/aromatic N) is 2. The van der Waals surface area contributed by atoms with Crippen LogP contribution in [-0.4, -0.2) is 41.3 Å². The number of carbonyl (C=O) groups excluding carboxylic acids is 3. The second kappa shape index (κ2) is 6.90. The van der Waals surface area contributed by atoms with Gasteiger partial charge < -0.3 is 14.1 Å². The first-order valence-electron chi connectivity index (χ1n) is 8.62. The molecule has 0 aliphatic carbocycles. The topological polar surface area (TPSA) is 80.1 Å². The highest BCUT2D eigenvalue weighted by atomic mass is 16.5. The quantitative estimate of drug-likeness (QED) is 0.773. The Morgan fingerprint density at radius 2 is 1.85 bits per heavy atom. The summed E-state index contributed by atoms with van der Waals surface area (Å²) in [5, 5.41) is 0. The standard InChI is InChI=1S/C20H22N2O5/c1-20(2,3)22(19(25)16-6-5-11-27-16)15-12-17(23)21(18(15)24)13-7-9-14(26-4)10-8-13/h5-11,15H,12H2,1-4H3. The van der Waals surface area contributed by atoms with E-state index in [2.05, 4.69) is 0 Å². The summed E-state index contributed by atoms with van der Waals surface area (Å²) in [4.78, 5) is 41.2. The molecule has 142 valence electrons. The number of anilines is 1. The van der Waals surface area contributed by atoms with Crippen LogP contribution < -0.4 is 9.64 Å². The average Bonchev–Trinajstić information content (AvgIpc) is 3.23. The third-order valence-corrected chi connectivity index (χ3v) is 4.44. The molecule has 1 aliphatic rings. The van der Waals surface area contributed by atoms with Gasteiger partial charge in [0.05, 0.1) is 25.5 Å². The SMILES string of the molecule is COc1ccc(N2C(=O)CC(N(C(=O)c3ccco3)C(C)(C)C)C2=O)cc1. The van der Waals surface area contributed by atoms with Crippen LogP contribution in [0.1, 0.15) is 37.7 Å². The van der Waals surface area contributed by atoms with E-state index in [-0.39, 0.29) is 18.1 Å². The van der Waals surface area contributed by atoms with Crippen LogP contribution in [0.25, 0.3) is 0 Å². The van der Waals surface area contributed by atoms with Gasteiger partial charge >= 0.3 is 0 Å². The van der Waals surface area contributed by atoms with Crippen molar-refractivity contribution in [2.75, 3.05) is 12.0 Å². The fourth-order valence-electron chi connectivity index (χ4n) is 3.25. The van der Waals surface area contributed by atoms with Crippen LogP contribution in [0.15, 0.2) is 47.1 Å². The molecule has 2 aromatic rings. The molecule has 0 bridgehead atoms. The molecule has 1 aromatic carbocycles. The molecule has 1 aromatic heterocycles. The van der Waals surface area contributed by atoms with Gasteiger partial charge in [0.2, 0.25) is 5.91 Å². The second-order valence-corrected chi connectivity index (χ2v) is 7.31. The Labute approximate surface area is 157 Å². The smallest absolute Gasteiger partial charge is 0.290 e. The summed E-state index contributed by atoms with van der Waals surface area (Å²) >= 11 is 0. The van der Waals surface area contributed by atoms with Gasteiger partial charge in [-0.25, -0.2) is 4.90 Å².